The van der Waals surface area contributed by atoms with Crippen LogP contribution in [0.1, 0.15) is 41.9 Å². The van der Waals surface area contributed by atoms with Crippen LogP contribution in [-0.2, 0) is 11.3 Å². The van der Waals surface area contributed by atoms with Crippen LogP contribution >= 0.6 is 0 Å². The molecule has 1 heterocycles. The number of carbonyl (C=O) groups excluding carboxylic acids is 1. The summed E-state index contributed by atoms with van der Waals surface area (Å²) in [6.07, 6.45) is 3.39. The fourth-order valence-corrected chi connectivity index (χ4v) is 3.57. The number of nitrogens with one attached hydrogen (secondary N) is 2. The third kappa shape index (κ3) is 5.87. The molecule has 0 aliphatic heterocycles. The van der Waals surface area contributed by atoms with E-state index in [4.69, 9.17) is 0 Å². The highest BCUT2D eigenvalue weighted by molar-refractivity contribution is 5.88. The monoisotopic (exact) mass is 450 g/mol. The average molecular weight is 451 g/mol. The summed E-state index contributed by atoms with van der Waals surface area (Å²) in [4.78, 5) is 20.2. The van der Waals surface area contributed by atoms with Gasteiger partial charge >= 0.3 is 0 Å². The van der Waals surface area contributed by atoms with Gasteiger partial charge in [-0.2, -0.15) is 0 Å². The molecule has 0 fully saturated rings. The Kier molecular flexibility index (Phi) is 8.01. The van der Waals surface area contributed by atoms with Crippen LogP contribution in [0.25, 0.3) is 23.4 Å². The molecule has 1 amide bonds. The van der Waals surface area contributed by atoms with Gasteiger partial charge in [0.15, 0.2) is 0 Å². The fourth-order valence-electron chi connectivity index (χ4n) is 3.57. The molecule has 0 unspecified atom stereocenters. The molecule has 3 rings (SSSR count). The molecule has 0 saturated carbocycles. The molecule has 2 N–H and O–H groups in total. The Morgan fingerprint density at radius 3 is 2.30 bits per heavy atom. The van der Waals surface area contributed by atoms with E-state index in [1.54, 1.807) is 6.92 Å². The van der Waals surface area contributed by atoms with Crippen molar-refractivity contribution in [1.29, 1.82) is 0 Å². The standard InChI is InChI=1S/C26H28F2N4O/c1-16(2)13-29-14-19-7-5-8-20(17(19)3)25-22(26(30-15-33)32-18(4)31-25)12-11-21-23(27)9-6-10-24(21)28/h5-12,15-16,29H,13-14H2,1-4H3,(H,30,31,32,33)/b12-11-. The van der Waals surface area contributed by atoms with E-state index in [1.807, 2.05) is 19.1 Å². The zero-order valence-corrected chi connectivity index (χ0v) is 19.2. The quantitative estimate of drug-likeness (QED) is 0.421. The Morgan fingerprint density at radius 1 is 0.970 bits per heavy atom. The minimum Gasteiger partial charge on any atom is -0.313 e. The molecule has 172 valence electrons. The number of nitrogens with zero attached hydrogens (tertiary/aromatic N) is 2. The number of rotatable bonds is 9. The van der Waals surface area contributed by atoms with Crippen molar-refractivity contribution in [3.8, 4) is 11.3 Å². The molecule has 0 bridgehead atoms. The van der Waals surface area contributed by atoms with Crippen molar-refractivity contribution < 1.29 is 13.6 Å². The van der Waals surface area contributed by atoms with Crippen molar-refractivity contribution in [3.63, 3.8) is 0 Å². The number of carbonyl (C=O) groups is 1. The summed E-state index contributed by atoms with van der Waals surface area (Å²) in [5, 5.41) is 6.04. The first-order chi connectivity index (χ1) is 15.8. The lowest BCUT2D eigenvalue weighted by Gasteiger charge is -2.16. The summed E-state index contributed by atoms with van der Waals surface area (Å²) in [6, 6.07) is 9.63. The number of hydrogen-bond acceptors (Lipinski definition) is 4. The molecule has 0 atom stereocenters. The second-order valence-electron chi connectivity index (χ2n) is 8.23. The summed E-state index contributed by atoms with van der Waals surface area (Å²) < 4.78 is 28.4. The van der Waals surface area contributed by atoms with E-state index in [1.165, 1.54) is 30.4 Å². The summed E-state index contributed by atoms with van der Waals surface area (Å²) >= 11 is 0. The van der Waals surface area contributed by atoms with Crippen molar-refractivity contribution in [2.24, 2.45) is 5.92 Å². The molecule has 5 nitrogen and oxygen atoms in total. The molecule has 3 aromatic rings. The van der Waals surface area contributed by atoms with E-state index in [9.17, 15) is 13.6 Å². The number of anilines is 1. The van der Waals surface area contributed by atoms with Gasteiger partial charge < -0.3 is 10.6 Å². The van der Waals surface area contributed by atoms with Crippen LogP contribution in [0.15, 0.2) is 36.4 Å². The van der Waals surface area contributed by atoms with E-state index in [0.717, 1.165) is 23.2 Å². The van der Waals surface area contributed by atoms with Crippen molar-refractivity contribution in [2.45, 2.75) is 34.2 Å². The zero-order valence-electron chi connectivity index (χ0n) is 19.2. The Labute approximate surface area is 193 Å². The zero-order chi connectivity index (χ0) is 24.0. The second-order valence-corrected chi connectivity index (χ2v) is 8.23. The number of aromatic nitrogens is 2. The maximum atomic E-state index is 14.2. The van der Waals surface area contributed by atoms with Crippen LogP contribution in [0.3, 0.4) is 0 Å². The number of aryl methyl sites for hydroxylation is 1. The van der Waals surface area contributed by atoms with Crippen LogP contribution in [0.5, 0.6) is 0 Å². The van der Waals surface area contributed by atoms with Gasteiger partial charge in [0.2, 0.25) is 6.41 Å². The molecular formula is C26H28F2N4O. The molecule has 33 heavy (non-hydrogen) atoms. The largest absolute Gasteiger partial charge is 0.313 e. The van der Waals surface area contributed by atoms with Gasteiger partial charge in [0.05, 0.1) is 5.69 Å². The van der Waals surface area contributed by atoms with Crippen LogP contribution in [-0.4, -0.2) is 22.9 Å². The van der Waals surface area contributed by atoms with E-state index >= 15 is 0 Å². The fraction of sp³-hybridized carbons (Fsp3) is 0.269. The van der Waals surface area contributed by atoms with E-state index in [2.05, 4.69) is 40.5 Å². The minimum absolute atomic E-state index is 0.176. The third-order valence-electron chi connectivity index (χ3n) is 5.24. The highest BCUT2D eigenvalue weighted by Crippen LogP contribution is 2.32. The number of hydrogen-bond donors (Lipinski definition) is 2. The summed E-state index contributed by atoms with van der Waals surface area (Å²) in [5.74, 6) is -0.0969. The van der Waals surface area contributed by atoms with E-state index in [-0.39, 0.29) is 11.4 Å². The van der Waals surface area contributed by atoms with Crippen LogP contribution in [0, 0.1) is 31.4 Å². The molecule has 0 aliphatic carbocycles. The van der Waals surface area contributed by atoms with Gasteiger partial charge in [0.25, 0.3) is 0 Å². The first-order valence-corrected chi connectivity index (χ1v) is 10.8. The Hall–Kier alpha value is -3.45. The molecule has 0 saturated heterocycles. The van der Waals surface area contributed by atoms with Gasteiger partial charge in [0.1, 0.15) is 23.3 Å². The van der Waals surface area contributed by atoms with Gasteiger partial charge in [-0.15, -0.1) is 0 Å². The smallest absolute Gasteiger partial charge is 0.212 e. The molecule has 1 aromatic heterocycles. The predicted octanol–water partition coefficient (Wildman–Crippen LogP) is 5.52. The first-order valence-electron chi connectivity index (χ1n) is 10.8. The Bertz CT molecular complexity index is 1150. The van der Waals surface area contributed by atoms with Gasteiger partial charge in [-0.05, 0) is 61.7 Å². The van der Waals surface area contributed by atoms with Crippen LogP contribution in [0.4, 0.5) is 14.6 Å². The van der Waals surface area contributed by atoms with Gasteiger partial charge in [-0.25, -0.2) is 18.7 Å². The van der Waals surface area contributed by atoms with Crippen molar-refractivity contribution >= 4 is 24.4 Å². The van der Waals surface area contributed by atoms with Crippen LogP contribution in [0.2, 0.25) is 0 Å². The SMILES string of the molecule is Cc1nc(NC=O)c(/C=C\c2c(F)cccc2F)c(-c2cccc(CNCC(C)C)c2C)n1. The molecule has 0 radical (unpaired) electrons. The number of benzene rings is 2. The van der Waals surface area contributed by atoms with Crippen molar-refractivity contribution in [1.82, 2.24) is 15.3 Å². The third-order valence-corrected chi connectivity index (χ3v) is 5.24. The average Bonchev–Trinajstić information content (AvgIpc) is 2.75. The molecule has 7 heteroatoms. The summed E-state index contributed by atoms with van der Waals surface area (Å²) in [5.41, 5.74) is 3.85. The highest BCUT2D eigenvalue weighted by Gasteiger charge is 2.16. The first kappa shape index (κ1) is 24.2. The lowest BCUT2D eigenvalue weighted by Crippen LogP contribution is -2.19. The summed E-state index contributed by atoms with van der Waals surface area (Å²) in [7, 11) is 0. The maximum absolute atomic E-state index is 14.2. The molecule has 2 aromatic carbocycles. The maximum Gasteiger partial charge on any atom is 0.212 e. The number of amides is 1. The summed E-state index contributed by atoms with van der Waals surface area (Å²) in [6.45, 7) is 9.64. The lowest BCUT2D eigenvalue weighted by molar-refractivity contribution is -0.105. The van der Waals surface area contributed by atoms with E-state index in [0.29, 0.717) is 36.0 Å². The van der Waals surface area contributed by atoms with Gasteiger partial charge in [0, 0.05) is 23.2 Å². The van der Waals surface area contributed by atoms with Crippen molar-refractivity contribution in [3.05, 3.63) is 76.1 Å². The minimum atomic E-state index is -0.680. The highest BCUT2D eigenvalue weighted by atomic mass is 19.1. The molecule has 0 spiro atoms. The molecular weight excluding hydrogens is 422 g/mol. The Balaban J connectivity index is 2.13. The normalized spacial score (nSPS) is 11.4. The van der Waals surface area contributed by atoms with Gasteiger partial charge in [-0.1, -0.05) is 38.1 Å². The second kappa shape index (κ2) is 10.9. The predicted molar refractivity (Wildman–Crippen MR) is 128 cm³/mol. The lowest BCUT2D eigenvalue weighted by atomic mass is 9.96. The number of halogens is 2. The Morgan fingerprint density at radius 2 is 1.64 bits per heavy atom. The topological polar surface area (TPSA) is 66.9 Å². The van der Waals surface area contributed by atoms with Gasteiger partial charge in [-0.3, -0.25) is 4.79 Å². The van der Waals surface area contributed by atoms with Crippen molar-refractivity contribution in [2.75, 3.05) is 11.9 Å². The van der Waals surface area contributed by atoms with E-state index < -0.39 is 11.6 Å². The van der Waals surface area contributed by atoms with Crippen LogP contribution < -0.4 is 10.6 Å². The molecule has 0 aliphatic rings.